The van der Waals surface area contributed by atoms with E-state index in [1.54, 1.807) is 12.3 Å². The van der Waals surface area contributed by atoms with Crippen LogP contribution in [0.25, 0.3) is 45.1 Å². The summed E-state index contributed by atoms with van der Waals surface area (Å²) in [6.45, 7) is 0. The third kappa shape index (κ3) is 3.82. The zero-order valence-corrected chi connectivity index (χ0v) is 22.3. The summed E-state index contributed by atoms with van der Waals surface area (Å²) in [5, 5.41) is 12.0. The van der Waals surface area contributed by atoms with Crippen LogP contribution in [0.2, 0.25) is 0 Å². The van der Waals surface area contributed by atoms with E-state index >= 15 is 0 Å². The molecule has 0 aliphatic heterocycles. The quantitative estimate of drug-likeness (QED) is 0.243. The lowest BCUT2D eigenvalue weighted by Gasteiger charge is -2.57. The van der Waals surface area contributed by atoms with Gasteiger partial charge in [-0.2, -0.15) is 5.26 Å². The van der Waals surface area contributed by atoms with E-state index in [2.05, 4.69) is 47.5 Å². The number of fused-ring (bicyclic) bond motifs is 1. The monoisotopic (exact) mass is 519 g/mol. The average Bonchev–Trinajstić information content (AvgIpc) is 3.00. The first-order valence-electron chi connectivity index (χ1n) is 14.4. The van der Waals surface area contributed by atoms with Crippen molar-refractivity contribution in [3.8, 4) is 40.4 Å². The van der Waals surface area contributed by atoms with Gasteiger partial charge < -0.3 is 0 Å². The van der Waals surface area contributed by atoms with E-state index in [-0.39, 0.29) is 0 Å². The van der Waals surface area contributed by atoms with E-state index in [0.717, 1.165) is 28.9 Å². The van der Waals surface area contributed by atoms with Crippen LogP contribution < -0.4 is 0 Å². The molecule has 5 heteroatoms. The van der Waals surface area contributed by atoms with Crippen molar-refractivity contribution in [3.05, 3.63) is 96.2 Å². The predicted octanol–water partition coefficient (Wildman–Crippen LogP) is 7.76. The van der Waals surface area contributed by atoms with Gasteiger partial charge in [0.15, 0.2) is 17.5 Å². The second-order valence-corrected chi connectivity index (χ2v) is 12.1. The van der Waals surface area contributed by atoms with Crippen molar-refractivity contribution in [3.63, 3.8) is 0 Å². The van der Waals surface area contributed by atoms with Crippen molar-refractivity contribution in [2.75, 3.05) is 0 Å². The fourth-order valence-corrected chi connectivity index (χ4v) is 8.36. The fraction of sp³-hybridized carbons (Fsp3) is 0.286. The molecule has 0 N–H and O–H groups in total. The molecule has 5 nitrogen and oxygen atoms in total. The van der Waals surface area contributed by atoms with Gasteiger partial charge in [-0.3, -0.25) is 4.98 Å². The van der Waals surface area contributed by atoms with Crippen molar-refractivity contribution >= 4 is 10.8 Å². The number of hydrogen-bond acceptors (Lipinski definition) is 5. The molecule has 2 aromatic heterocycles. The molecular formula is C35H29N5. The molecule has 0 saturated heterocycles. The highest BCUT2D eigenvalue weighted by Gasteiger charge is 2.52. The first-order chi connectivity index (χ1) is 19.7. The van der Waals surface area contributed by atoms with Crippen molar-refractivity contribution in [2.45, 2.75) is 43.9 Å². The smallest absolute Gasteiger partial charge is 0.182 e. The maximum absolute atomic E-state index is 9.49. The predicted molar refractivity (Wildman–Crippen MR) is 156 cm³/mol. The topological polar surface area (TPSA) is 75.3 Å². The van der Waals surface area contributed by atoms with Crippen LogP contribution in [0.3, 0.4) is 0 Å². The Hall–Kier alpha value is -4.43. The Balaban J connectivity index is 1.32. The van der Waals surface area contributed by atoms with Gasteiger partial charge in [-0.05, 0) is 102 Å². The molecule has 0 spiro atoms. The van der Waals surface area contributed by atoms with E-state index in [9.17, 15) is 5.26 Å². The van der Waals surface area contributed by atoms with E-state index < -0.39 is 0 Å². The molecule has 3 aromatic carbocycles. The van der Waals surface area contributed by atoms with Gasteiger partial charge in [-0.15, -0.1) is 0 Å². The molecule has 0 amide bonds. The number of rotatable bonds is 4. The molecule has 0 atom stereocenters. The number of nitrogens with zero attached hydrogens (tertiary/aromatic N) is 5. The van der Waals surface area contributed by atoms with Crippen LogP contribution in [0.1, 0.15) is 49.7 Å². The molecule has 9 rings (SSSR count). The third-order valence-corrected chi connectivity index (χ3v) is 9.55. The first kappa shape index (κ1) is 23.5. The van der Waals surface area contributed by atoms with Gasteiger partial charge in [0.1, 0.15) is 5.69 Å². The van der Waals surface area contributed by atoms with Crippen LogP contribution in [0.15, 0.2) is 85.1 Å². The van der Waals surface area contributed by atoms with Crippen LogP contribution in [0, 0.1) is 29.1 Å². The lowest BCUT2D eigenvalue weighted by Crippen LogP contribution is -2.48. The summed E-state index contributed by atoms with van der Waals surface area (Å²) in [6, 6.07) is 28.8. The van der Waals surface area contributed by atoms with Crippen LogP contribution >= 0.6 is 0 Å². The minimum absolute atomic E-state index is 0.300. The molecule has 0 radical (unpaired) electrons. The second-order valence-electron chi connectivity index (χ2n) is 12.1. The van der Waals surface area contributed by atoms with Gasteiger partial charge in [0.25, 0.3) is 0 Å². The lowest BCUT2D eigenvalue weighted by molar-refractivity contribution is -0.00449. The van der Waals surface area contributed by atoms with E-state index in [0.29, 0.717) is 34.1 Å². The van der Waals surface area contributed by atoms with Gasteiger partial charge in [0.05, 0.1) is 11.6 Å². The largest absolute Gasteiger partial charge is 0.253 e. The molecule has 40 heavy (non-hydrogen) atoms. The Morgan fingerprint density at radius 1 is 0.675 bits per heavy atom. The summed E-state index contributed by atoms with van der Waals surface area (Å²) in [7, 11) is 0. The second kappa shape index (κ2) is 9.06. The highest BCUT2D eigenvalue weighted by atomic mass is 15.0. The SMILES string of the molecule is N#Cc1cccc(-c2nc(-c3ccccn3)nc(-c3ccc(C45CC6CC(CC(C6)C4)C5)c4ccccc34)n2)c1. The summed E-state index contributed by atoms with van der Waals surface area (Å²) in [4.78, 5) is 19.3. The first-order valence-corrected chi connectivity index (χ1v) is 14.4. The molecule has 0 unspecified atom stereocenters. The van der Waals surface area contributed by atoms with Gasteiger partial charge >= 0.3 is 0 Å². The number of aromatic nitrogens is 4. The highest BCUT2D eigenvalue weighted by Crippen LogP contribution is 2.61. The van der Waals surface area contributed by atoms with Crippen LogP contribution in [-0.4, -0.2) is 19.9 Å². The summed E-state index contributed by atoms with van der Waals surface area (Å²) < 4.78 is 0. The standard InChI is InChI=1S/C35H29N5/c36-21-22-6-5-7-26(17-22)32-38-33(40-34(39-32)31-10-3-4-13-37-31)29-11-12-30(28-9-2-1-8-27(28)29)35-18-23-14-24(19-35)16-25(15-23)20-35/h1-13,17,23-25H,14-16,18-20H2. The number of benzene rings is 3. The number of hydrogen-bond donors (Lipinski definition) is 0. The van der Waals surface area contributed by atoms with Crippen molar-refractivity contribution < 1.29 is 0 Å². The molecule has 4 bridgehead atoms. The molecule has 2 heterocycles. The van der Waals surface area contributed by atoms with E-state index in [4.69, 9.17) is 15.0 Å². The highest BCUT2D eigenvalue weighted by molar-refractivity contribution is 5.98. The van der Waals surface area contributed by atoms with Crippen LogP contribution in [0.5, 0.6) is 0 Å². The average molecular weight is 520 g/mol. The number of nitriles is 1. The molecule has 4 aliphatic carbocycles. The Labute approximate surface area is 234 Å². The zero-order chi connectivity index (χ0) is 26.7. The van der Waals surface area contributed by atoms with E-state index in [1.165, 1.54) is 54.9 Å². The Morgan fingerprint density at radius 3 is 2.10 bits per heavy atom. The van der Waals surface area contributed by atoms with Crippen molar-refractivity contribution in [1.82, 2.24) is 19.9 Å². The minimum atomic E-state index is 0.300. The maximum atomic E-state index is 9.49. The van der Waals surface area contributed by atoms with Crippen molar-refractivity contribution in [2.24, 2.45) is 17.8 Å². The Kier molecular flexibility index (Phi) is 5.31. The Bertz CT molecular complexity index is 1770. The summed E-state index contributed by atoms with van der Waals surface area (Å²) in [5.41, 5.74) is 4.87. The summed E-state index contributed by atoms with van der Waals surface area (Å²) in [5.74, 6) is 4.36. The molecule has 194 valence electrons. The van der Waals surface area contributed by atoms with Gasteiger partial charge in [0, 0.05) is 17.3 Å². The molecular weight excluding hydrogens is 490 g/mol. The molecule has 5 aromatic rings. The molecule has 4 fully saturated rings. The minimum Gasteiger partial charge on any atom is -0.253 e. The lowest BCUT2D eigenvalue weighted by atomic mass is 9.47. The summed E-state index contributed by atoms with van der Waals surface area (Å²) >= 11 is 0. The van der Waals surface area contributed by atoms with Crippen molar-refractivity contribution in [1.29, 1.82) is 5.26 Å². The third-order valence-electron chi connectivity index (χ3n) is 9.55. The molecule has 4 aliphatic rings. The van der Waals surface area contributed by atoms with Gasteiger partial charge in [-0.25, -0.2) is 15.0 Å². The summed E-state index contributed by atoms with van der Waals surface area (Å²) in [6.07, 6.45) is 10.1. The Morgan fingerprint density at radius 2 is 1.38 bits per heavy atom. The number of pyridine rings is 1. The molecule has 4 saturated carbocycles. The normalized spacial score (nSPS) is 24.7. The van der Waals surface area contributed by atoms with E-state index in [1.807, 2.05) is 36.4 Å². The maximum Gasteiger partial charge on any atom is 0.182 e. The van der Waals surface area contributed by atoms with Crippen LogP contribution in [-0.2, 0) is 5.41 Å². The van der Waals surface area contributed by atoms with Gasteiger partial charge in [-0.1, -0.05) is 54.6 Å². The zero-order valence-electron chi connectivity index (χ0n) is 22.3. The van der Waals surface area contributed by atoms with Gasteiger partial charge in [0.2, 0.25) is 0 Å². The fourth-order valence-electron chi connectivity index (χ4n) is 8.36. The van der Waals surface area contributed by atoms with Crippen LogP contribution in [0.4, 0.5) is 0 Å².